The molecule has 0 saturated heterocycles. The van der Waals surface area contributed by atoms with Crippen molar-refractivity contribution in [3.05, 3.63) is 35.9 Å². The maximum Gasteiger partial charge on any atom is 0.243 e. The SMILES string of the molecule is C#CC[C@H](NC(=O)[C@@H](Cc1ccccc1)CS(=O)(=O)N(C)CCNC)C(=O)N[C@@H](CC1CCCCC1)[C@@H](O)[C@@H](O)CC(C)C. The number of hydrogen-bond acceptors (Lipinski definition) is 7. The van der Waals surface area contributed by atoms with Gasteiger partial charge in [0, 0.05) is 26.6 Å². The lowest BCUT2D eigenvalue weighted by molar-refractivity contribution is -0.132. The van der Waals surface area contributed by atoms with Crippen LogP contribution in [0.1, 0.15) is 70.8 Å². The number of hydrogen-bond donors (Lipinski definition) is 5. The van der Waals surface area contributed by atoms with Gasteiger partial charge in [-0.1, -0.05) is 76.3 Å². The largest absolute Gasteiger partial charge is 0.390 e. The zero-order valence-corrected chi connectivity index (χ0v) is 27.7. The van der Waals surface area contributed by atoms with Gasteiger partial charge in [0.05, 0.1) is 23.8 Å². The van der Waals surface area contributed by atoms with Crippen LogP contribution in [0.2, 0.25) is 0 Å². The van der Waals surface area contributed by atoms with Gasteiger partial charge in [-0.15, -0.1) is 12.3 Å². The Kier molecular flexibility index (Phi) is 16.4. The van der Waals surface area contributed by atoms with Gasteiger partial charge in [0.15, 0.2) is 0 Å². The third-order valence-electron chi connectivity index (χ3n) is 8.37. The van der Waals surface area contributed by atoms with Gasteiger partial charge in [0.25, 0.3) is 0 Å². The highest BCUT2D eigenvalue weighted by molar-refractivity contribution is 7.89. The Labute approximate surface area is 264 Å². The molecular formula is C33H54N4O6S. The Morgan fingerprint density at radius 2 is 1.73 bits per heavy atom. The minimum absolute atomic E-state index is 0.120. The normalized spacial score (nSPS) is 17.8. The summed E-state index contributed by atoms with van der Waals surface area (Å²) in [6, 6.07) is 7.25. The number of aliphatic hydroxyl groups is 2. The molecule has 5 N–H and O–H groups in total. The quantitative estimate of drug-likeness (QED) is 0.146. The third-order valence-corrected chi connectivity index (χ3v) is 10.3. The number of nitrogens with zero attached hydrogens (tertiary/aromatic N) is 1. The molecule has 0 heterocycles. The van der Waals surface area contributed by atoms with E-state index in [1.807, 2.05) is 44.2 Å². The molecule has 1 aromatic rings. The molecule has 1 fully saturated rings. The predicted octanol–water partition coefficient (Wildman–Crippen LogP) is 2.06. The van der Waals surface area contributed by atoms with Gasteiger partial charge >= 0.3 is 0 Å². The van der Waals surface area contributed by atoms with Crippen molar-refractivity contribution in [3.8, 4) is 12.3 Å². The van der Waals surface area contributed by atoms with E-state index in [1.165, 1.54) is 11.4 Å². The van der Waals surface area contributed by atoms with Crippen molar-refractivity contribution in [1.29, 1.82) is 0 Å². The molecule has 0 aliphatic heterocycles. The summed E-state index contributed by atoms with van der Waals surface area (Å²) in [7, 11) is -0.596. The number of carbonyl (C=O) groups excluding carboxylic acids is 2. The smallest absolute Gasteiger partial charge is 0.243 e. The zero-order chi connectivity index (χ0) is 32.7. The monoisotopic (exact) mass is 634 g/mol. The van der Waals surface area contributed by atoms with Crippen LogP contribution in [0.4, 0.5) is 0 Å². The van der Waals surface area contributed by atoms with Gasteiger partial charge in [-0.05, 0) is 43.7 Å². The second-order valence-electron chi connectivity index (χ2n) is 12.6. The molecule has 0 bridgehead atoms. The fourth-order valence-corrected chi connectivity index (χ4v) is 7.17. The molecule has 0 aromatic heterocycles. The van der Waals surface area contributed by atoms with Crippen LogP contribution in [0, 0.1) is 30.1 Å². The molecule has 1 aliphatic carbocycles. The summed E-state index contributed by atoms with van der Waals surface area (Å²) < 4.78 is 27.6. The second kappa shape index (κ2) is 19.1. The van der Waals surface area contributed by atoms with E-state index in [9.17, 15) is 28.2 Å². The Bertz CT molecular complexity index is 1150. The number of sulfonamides is 1. The van der Waals surface area contributed by atoms with Crippen LogP contribution >= 0.6 is 0 Å². The third kappa shape index (κ3) is 12.9. The topological polar surface area (TPSA) is 148 Å². The number of terminal acetylenes is 1. The van der Waals surface area contributed by atoms with Gasteiger partial charge in [-0.2, -0.15) is 0 Å². The van der Waals surface area contributed by atoms with Crippen LogP contribution in [0.25, 0.3) is 0 Å². The van der Waals surface area contributed by atoms with Crippen molar-refractivity contribution in [2.45, 2.75) is 95.9 Å². The van der Waals surface area contributed by atoms with E-state index >= 15 is 0 Å². The molecule has 1 aromatic carbocycles. The summed E-state index contributed by atoms with van der Waals surface area (Å²) in [5.41, 5.74) is 0.786. The molecule has 44 heavy (non-hydrogen) atoms. The van der Waals surface area contributed by atoms with Crippen LogP contribution in [0.5, 0.6) is 0 Å². The van der Waals surface area contributed by atoms with E-state index in [2.05, 4.69) is 21.9 Å². The Balaban J connectivity index is 2.26. The van der Waals surface area contributed by atoms with Gasteiger partial charge in [-0.3, -0.25) is 9.59 Å². The highest BCUT2D eigenvalue weighted by atomic mass is 32.2. The Morgan fingerprint density at radius 3 is 2.32 bits per heavy atom. The lowest BCUT2D eigenvalue weighted by Crippen LogP contribution is -2.56. The standard InChI is InChI=1S/C33H54N4O6S/c1-6-13-28(33(41)36-29(22-26-16-11-8-12-17-26)31(39)30(38)20-24(2)3)35-32(40)27(21-25-14-9-7-10-15-25)23-44(42,43)37(5)19-18-34-4/h1,7,9-10,14-15,24,26-31,34,38-39H,8,11-13,16-23H2,2-5H3,(H,35,40)(H,36,41)/t27-,28-,29-,30-,31+/m0/s1. The van der Waals surface area contributed by atoms with E-state index in [0.29, 0.717) is 25.3 Å². The molecule has 5 atom stereocenters. The maximum absolute atomic E-state index is 13.7. The van der Waals surface area contributed by atoms with E-state index in [1.54, 1.807) is 7.05 Å². The van der Waals surface area contributed by atoms with Gasteiger partial charge < -0.3 is 26.2 Å². The molecule has 0 spiro atoms. The summed E-state index contributed by atoms with van der Waals surface area (Å²) in [6.07, 6.45) is 9.61. The summed E-state index contributed by atoms with van der Waals surface area (Å²) >= 11 is 0. The predicted molar refractivity (Wildman–Crippen MR) is 174 cm³/mol. The van der Waals surface area contributed by atoms with Crippen LogP contribution < -0.4 is 16.0 Å². The van der Waals surface area contributed by atoms with E-state index in [0.717, 1.165) is 37.7 Å². The molecule has 10 nitrogen and oxygen atoms in total. The van der Waals surface area contributed by atoms with E-state index in [4.69, 9.17) is 6.42 Å². The van der Waals surface area contributed by atoms with Crippen molar-refractivity contribution in [3.63, 3.8) is 0 Å². The van der Waals surface area contributed by atoms with E-state index < -0.39 is 57.8 Å². The van der Waals surface area contributed by atoms with Crippen molar-refractivity contribution < 1.29 is 28.2 Å². The second-order valence-corrected chi connectivity index (χ2v) is 14.7. The Hall–Kier alpha value is -2.49. The van der Waals surface area contributed by atoms with Crippen LogP contribution in [0.3, 0.4) is 0 Å². The first-order chi connectivity index (χ1) is 20.9. The first kappa shape index (κ1) is 37.7. The first-order valence-corrected chi connectivity index (χ1v) is 17.5. The van der Waals surface area contributed by atoms with Gasteiger partial charge in [0.2, 0.25) is 21.8 Å². The highest BCUT2D eigenvalue weighted by Gasteiger charge is 2.35. The zero-order valence-electron chi connectivity index (χ0n) is 26.9. The molecule has 11 heteroatoms. The van der Waals surface area contributed by atoms with Crippen molar-refractivity contribution in [2.75, 3.05) is 32.9 Å². The number of aliphatic hydroxyl groups excluding tert-OH is 2. The van der Waals surface area contributed by atoms with Crippen LogP contribution in [-0.4, -0.2) is 92.0 Å². The van der Waals surface area contributed by atoms with Crippen LogP contribution in [0.15, 0.2) is 30.3 Å². The molecule has 1 aliphatic rings. The number of likely N-dealkylation sites (N-methyl/N-ethyl adjacent to an activating group) is 2. The molecule has 0 unspecified atom stereocenters. The highest BCUT2D eigenvalue weighted by Crippen LogP contribution is 2.29. The summed E-state index contributed by atoms with van der Waals surface area (Å²) in [5.74, 6) is 0.302. The molecule has 0 radical (unpaired) electrons. The maximum atomic E-state index is 13.7. The number of carbonyl (C=O) groups is 2. The lowest BCUT2D eigenvalue weighted by Gasteiger charge is -2.33. The molecular weight excluding hydrogens is 580 g/mol. The minimum Gasteiger partial charge on any atom is -0.390 e. The number of nitrogens with one attached hydrogen (secondary N) is 3. The fraction of sp³-hybridized carbons (Fsp3) is 0.697. The van der Waals surface area contributed by atoms with E-state index in [-0.39, 0.29) is 25.3 Å². The van der Waals surface area contributed by atoms with Crippen molar-refractivity contribution >= 4 is 21.8 Å². The van der Waals surface area contributed by atoms with Crippen molar-refractivity contribution in [2.24, 2.45) is 17.8 Å². The number of amides is 2. The lowest BCUT2D eigenvalue weighted by atomic mass is 9.82. The number of rotatable bonds is 19. The molecule has 2 amide bonds. The van der Waals surface area contributed by atoms with Gasteiger partial charge in [-0.25, -0.2) is 12.7 Å². The summed E-state index contributed by atoms with van der Waals surface area (Å²) in [5, 5.41) is 30.4. The average molecular weight is 635 g/mol. The van der Waals surface area contributed by atoms with Gasteiger partial charge in [0.1, 0.15) is 12.1 Å². The molecule has 1 saturated carbocycles. The number of benzene rings is 1. The Morgan fingerprint density at radius 1 is 1.07 bits per heavy atom. The fourth-order valence-electron chi connectivity index (χ4n) is 5.77. The van der Waals surface area contributed by atoms with Crippen molar-refractivity contribution in [1.82, 2.24) is 20.3 Å². The first-order valence-electron chi connectivity index (χ1n) is 15.9. The minimum atomic E-state index is -3.80. The average Bonchev–Trinajstić information content (AvgIpc) is 2.99. The molecule has 2 rings (SSSR count). The summed E-state index contributed by atoms with van der Waals surface area (Å²) in [6.45, 7) is 4.60. The molecule has 248 valence electrons. The van der Waals surface area contributed by atoms with Crippen LogP contribution in [-0.2, 0) is 26.0 Å². The summed E-state index contributed by atoms with van der Waals surface area (Å²) in [4.78, 5) is 27.3.